The molecule has 1 aromatic carbocycles. The standard InChI is InChI=1S/C24H38O2.Hg/c1-2-3-4-5-6-7-8-9-10-11-12-13-14-18-21-23(24(25)26)22-19-16-15-17-20-22;/h9-10,15-17,19-20,23H,2-8,11-14,18,21H2,1H3,(H,25,26);/b10-9-;. The van der Waals surface area contributed by atoms with Crippen LogP contribution >= 0.6 is 0 Å². The molecular weight excluding hydrogens is 521 g/mol. The summed E-state index contributed by atoms with van der Waals surface area (Å²) in [4.78, 5) is 11.5. The zero-order valence-corrected chi connectivity index (χ0v) is 22.9. The number of hydrogen-bond donors (Lipinski definition) is 1. The minimum absolute atomic E-state index is 0. The van der Waals surface area contributed by atoms with Crippen LogP contribution in [0.15, 0.2) is 42.5 Å². The Morgan fingerprint density at radius 1 is 0.852 bits per heavy atom. The van der Waals surface area contributed by atoms with Crippen molar-refractivity contribution in [3.8, 4) is 0 Å². The predicted octanol–water partition coefficient (Wildman–Crippen LogP) is 7.50. The molecule has 3 heteroatoms. The number of aliphatic carboxylic acids is 1. The van der Waals surface area contributed by atoms with Crippen LogP contribution in [0, 0.1) is 0 Å². The van der Waals surface area contributed by atoms with Gasteiger partial charge >= 0.3 is 5.97 Å². The zero-order chi connectivity index (χ0) is 18.9. The number of benzene rings is 1. The maximum atomic E-state index is 11.5. The van der Waals surface area contributed by atoms with Gasteiger partial charge in [-0.2, -0.15) is 0 Å². The molecule has 0 amide bonds. The van der Waals surface area contributed by atoms with E-state index in [4.69, 9.17) is 0 Å². The fourth-order valence-electron chi connectivity index (χ4n) is 3.36. The molecular formula is C24H38HgO2. The largest absolute Gasteiger partial charge is 0.481 e. The number of carboxylic acid groups (broad SMARTS) is 1. The fraction of sp³-hybridized carbons (Fsp3) is 0.625. The van der Waals surface area contributed by atoms with Gasteiger partial charge < -0.3 is 5.11 Å². The van der Waals surface area contributed by atoms with E-state index in [1.807, 2.05) is 30.3 Å². The first-order valence-corrected chi connectivity index (χ1v) is 10.7. The second kappa shape index (κ2) is 18.7. The van der Waals surface area contributed by atoms with Crippen molar-refractivity contribution in [2.45, 2.75) is 96.3 Å². The van der Waals surface area contributed by atoms with E-state index >= 15 is 0 Å². The first-order valence-electron chi connectivity index (χ1n) is 10.7. The minimum atomic E-state index is -0.700. The summed E-state index contributed by atoms with van der Waals surface area (Å²) in [5.74, 6) is -1.05. The summed E-state index contributed by atoms with van der Waals surface area (Å²) in [6.45, 7) is 2.26. The Morgan fingerprint density at radius 3 is 1.93 bits per heavy atom. The van der Waals surface area contributed by atoms with Crippen LogP contribution in [0.3, 0.4) is 0 Å². The van der Waals surface area contributed by atoms with Crippen molar-refractivity contribution in [1.29, 1.82) is 0 Å². The van der Waals surface area contributed by atoms with Crippen molar-refractivity contribution in [3.05, 3.63) is 48.0 Å². The van der Waals surface area contributed by atoms with E-state index in [0.29, 0.717) is 0 Å². The summed E-state index contributed by atoms with van der Waals surface area (Å²) >= 11 is 0. The molecule has 0 spiro atoms. The topological polar surface area (TPSA) is 37.3 Å². The first kappa shape index (κ1) is 26.4. The molecule has 1 unspecified atom stereocenters. The molecule has 0 aromatic heterocycles. The summed E-state index contributed by atoms with van der Waals surface area (Å²) in [5, 5.41) is 9.42. The van der Waals surface area contributed by atoms with Crippen molar-refractivity contribution in [3.63, 3.8) is 0 Å². The van der Waals surface area contributed by atoms with Gasteiger partial charge in [0, 0.05) is 27.7 Å². The molecule has 0 saturated heterocycles. The maximum absolute atomic E-state index is 11.5. The van der Waals surface area contributed by atoms with E-state index in [1.165, 1.54) is 57.8 Å². The molecule has 0 aliphatic rings. The molecule has 0 radical (unpaired) electrons. The monoisotopic (exact) mass is 560 g/mol. The molecule has 2 nitrogen and oxygen atoms in total. The molecule has 0 heterocycles. The molecule has 0 fully saturated rings. The minimum Gasteiger partial charge on any atom is -0.481 e. The van der Waals surface area contributed by atoms with Crippen LogP contribution in [-0.2, 0) is 32.5 Å². The molecule has 27 heavy (non-hydrogen) atoms. The van der Waals surface area contributed by atoms with Crippen LogP contribution < -0.4 is 0 Å². The van der Waals surface area contributed by atoms with Crippen LogP contribution in [0.4, 0.5) is 0 Å². The van der Waals surface area contributed by atoms with Gasteiger partial charge in [-0.1, -0.05) is 101 Å². The Hall–Kier alpha value is -0.635. The summed E-state index contributed by atoms with van der Waals surface area (Å²) in [6.07, 6.45) is 20.5. The first-order chi connectivity index (χ1) is 12.8. The molecule has 0 saturated carbocycles. The van der Waals surface area contributed by atoms with E-state index in [2.05, 4.69) is 19.1 Å². The third kappa shape index (κ3) is 14.1. The average molecular weight is 559 g/mol. The zero-order valence-electron chi connectivity index (χ0n) is 17.4. The summed E-state index contributed by atoms with van der Waals surface area (Å²) in [5.41, 5.74) is 0.928. The molecule has 1 N–H and O–H groups in total. The summed E-state index contributed by atoms with van der Waals surface area (Å²) < 4.78 is 0. The molecule has 1 rings (SSSR count). The van der Waals surface area contributed by atoms with Gasteiger partial charge in [0.2, 0.25) is 0 Å². The Kier molecular flexibility index (Phi) is 18.3. The summed E-state index contributed by atoms with van der Waals surface area (Å²) in [7, 11) is 0. The fourth-order valence-corrected chi connectivity index (χ4v) is 3.36. The molecule has 0 bridgehead atoms. The second-order valence-corrected chi connectivity index (χ2v) is 7.32. The third-order valence-electron chi connectivity index (χ3n) is 5.00. The van der Waals surface area contributed by atoms with Gasteiger partial charge in [-0.25, -0.2) is 0 Å². The van der Waals surface area contributed by atoms with E-state index in [-0.39, 0.29) is 33.6 Å². The number of unbranched alkanes of at least 4 members (excludes halogenated alkanes) is 10. The van der Waals surface area contributed by atoms with Crippen LogP contribution in [-0.4, -0.2) is 11.1 Å². The van der Waals surface area contributed by atoms with Crippen LogP contribution in [0.2, 0.25) is 0 Å². The Bertz CT molecular complexity index is 484. The van der Waals surface area contributed by atoms with Gasteiger partial charge in [-0.05, 0) is 37.7 Å². The number of hydrogen-bond acceptors (Lipinski definition) is 1. The Morgan fingerprint density at radius 2 is 1.37 bits per heavy atom. The van der Waals surface area contributed by atoms with Crippen LogP contribution in [0.25, 0.3) is 0 Å². The Balaban J connectivity index is 0.00000676. The van der Waals surface area contributed by atoms with Crippen molar-refractivity contribution < 1.29 is 37.6 Å². The van der Waals surface area contributed by atoms with Crippen molar-refractivity contribution in [2.75, 3.05) is 0 Å². The van der Waals surface area contributed by atoms with Gasteiger partial charge in [0.25, 0.3) is 0 Å². The number of carbonyl (C=O) groups is 1. The van der Waals surface area contributed by atoms with Crippen molar-refractivity contribution >= 4 is 5.97 Å². The third-order valence-corrected chi connectivity index (χ3v) is 5.00. The van der Waals surface area contributed by atoms with Crippen molar-refractivity contribution in [2.24, 2.45) is 0 Å². The predicted molar refractivity (Wildman–Crippen MR) is 112 cm³/mol. The molecule has 1 atom stereocenters. The maximum Gasteiger partial charge on any atom is 0.310 e. The van der Waals surface area contributed by atoms with Crippen LogP contribution in [0.1, 0.15) is 102 Å². The van der Waals surface area contributed by atoms with E-state index in [1.54, 1.807) is 0 Å². The van der Waals surface area contributed by atoms with E-state index < -0.39 is 5.97 Å². The van der Waals surface area contributed by atoms with Gasteiger partial charge in [0.1, 0.15) is 0 Å². The molecule has 148 valence electrons. The van der Waals surface area contributed by atoms with Gasteiger partial charge in [-0.3, -0.25) is 4.79 Å². The number of rotatable bonds is 16. The molecule has 0 aliphatic carbocycles. The van der Waals surface area contributed by atoms with Gasteiger partial charge in [0.15, 0.2) is 0 Å². The van der Waals surface area contributed by atoms with E-state index in [0.717, 1.165) is 31.2 Å². The van der Waals surface area contributed by atoms with Crippen molar-refractivity contribution in [1.82, 2.24) is 0 Å². The Labute approximate surface area is 187 Å². The second-order valence-electron chi connectivity index (χ2n) is 7.32. The number of allylic oxidation sites excluding steroid dienone is 2. The SMILES string of the molecule is CCCCCCCC/C=C\CCCCCCC(C(=O)O)c1ccccc1.[Hg]. The van der Waals surface area contributed by atoms with Crippen LogP contribution in [0.5, 0.6) is 0 Å². The number of carboxylic acids is 1. The van der Waals surface area contributed by atoms with Gasteiger partial charge in [0.05, 0.1) is 5.92 Å². The molecule has 0 aliphatic heterocycles. The van der Waals surface area contributed by atoms with Gasteiger partial charge in [-0.15, -0.1) is 0 Å². The normalized spacial score (nSPS) is 12.0. The molecule has 1 aromatic rings. The van der Waals surface area contributed by atoms with E-state index in [9.17, 15) is 9.90 Å². The summed E-state index contributed by atoms with van der Waals surface area (Å²) in [6, 6.07) is 9.62. The average Bonchev–Trinajstić information content (AvgIpc) is 2.65. The smallest absolute Gasteiger partial charge is 0.310 e. The quantitative estimate of drug-likeness (QED) is 0.130.